The van der Waals surface area contributed by atoms with Gasteiger partial charge in [-0.2, -0.15) is 4.98 Å². The highest BCUT2D eigenvalue weighted by molar-refractivity contribution is 6.28. The lowest BCUT2D eigenvalue weighted by atomic mass is 10.2. The highest BCUT2D eigenvalue weighted by Crippen LogP contribution is 2.28. The van der Waals surface area contributed by atoms with Crippen LogP contribution in [0.15, 0.2) is 0 Å². The predicted octanol–water partition coefficient (Wildman–Crippen LogP) is 1.64. The minimum atomic E-state index is 0.267. The van der Waals surface area contributed by atoms with Crippen molar-refractivity contribution in [2.45, 2.75) is 19.3 Å². The minimum Gasteiger partial charge on any atom is -0.475 e. The van der Waals surface area contributed by atoms with E-state index in [-0.39, 0.29) is 5.28 Å². The summed E-state index contributed by atoms with van der Waals surface area (Å²) in [4.78, 5) is 8.28. The SMILES string of the molecule is COCCOc1nc(Cl)nc2c1CCC2. The monoisotopic (exact) mass is 228 g/mol. The van der Waals surface area contributed by atoms with Crippen molar-refractivity contribution >= 4 is 11.6 Å². The first-order valence-electron chi connectivity index (χ1n) is 4.98. The van der Waals surface area contributed by atoms with E-state index in [0.29, 0.717) is 19.1 Å². The van der Waals surface area contributed by atoms with Gasteiger partial charge in [0.1, 0.15) is 6.61 Å². The average molecular weight is 229 g/mol. The van der Waals surface area contributed by atoms with Crippen molar-refractivity contribution in [1.82, 2.24) is 9.97 Å². The second-order valence-electron chi connectivity index (χ2n) is 3.42. The van der Waals surface area contributed by atoms with Crippen LogP contribution in [-0.2, 0) is 17.6 Å². The van der Waals surface area contributed by atoms with Crippen LogP contribution in [0.25, 0.3) is 0 Å². The van der Waals surface area contributed by atoms with Gasteiger partial charge in [-0.1, -0.05) is 0 Å². The number of nitrogens with zero attached hydrogens (tertiary/aromatic N) is 2. The lowest BCUT2D eigenvalue weighted by Gasteiger charge is -2.08. The largest absolute Gasteiger partial charge is 0.475 e. The highest BCUT2D eigenvalue weighted by atomic mass is 35.5. The number of aryl methyl sites for hydroxylation is 1. The first kappa shape index (κ1) is 10.6. The molecule has 0 amide bonds. The van der Waals surface area contributed by atoms with Crippen molar-refractivity contribution in [2.24, 2.45) is 0 Å². The molecule has 82 valence electrons. The van der Waals surface area contributed by atoms with Gasteiger partial charge in [0.05, 0.1) is 12.3 Å². The summed E-state index contributed by atoms with van der Waals surface area (Å²) in [6.45, 7) is 1.05. The molecule has 0 fully saturated rings. The third-order valence-electron chi connectivity index (χ3n) is 2.39. The Morgan fingerprint density at radius 1 is 1.27 bits per heavy atom. The molecule has 1 aromatic rings. The van der Waals surface area contributed by atoms with Crippen LogP contribution in [0.5, 0.6) is 5.88 Å². The van der Waals surface area contributed by atoms with Gasteiger partial charge in [-0.3, -0.25) is 0 Å². The molecule has 0 unspecified atom stereocenters. The molecule has 0 spiro atoms. The molecule has 1 aromatic heterocycles. The Balaban J connectivity index is 2.15. The molecular formula is C10H13ClN2O2. The van der Waals surface area contributed by atoms with Gasteiger partial charge in [0.25, 0.3) is 0 Å². The van der Waals surface area contributed by atoms with Crippen molar-refractivity contribution in [1.29, 1.82) is 0 Å². The van der Waals surface area contributed by atoms with E-state index >= 15 is 0 Å². The summed E-state index contributed by atoms with van der Waals surface area (Å²) < 4.78 is 10.4. The number of rotatable bonds is 4. The van der Waals surface area contributed by atoms with Crippen LogP contribution in [0.4, 0.5) is 0 Å². The topological polar surface area (TPSA) is 44.2 Å². The van der Waals surface area contributed by atoms with Crippen LogP contribution < -0.4 is 4.74 Å². The Labute approximate surface area is 93.6 Å². The molecule has 1 aliphatic rings. The Morgan fingerprint density at radius 2 is 2.13 bits per heavy atom. The average Bonchev–Trinajstić information content (AvgIpc) is 2.65. The quantitative estimate of drug-likeness (QED) is 0.581. The maximum absolute atomic E-state index is 5.81. The first-order valence-corrected chi connectivity index (χ1v) is 5.36. The number of methoxy groups -OCH3 is 1. The van der Waals surface area contributed by atoms with Crippen molar-refractivity contribution < 1.29 is 9.47 Å². The molecule has 0 radical (unpaired) electrons. The van der Waals surface area contributed by atoms with E-state index in [1.807, 2.05) is 0 Å². The molecular weight excluding hydrogens is 216 g/mol. The Bertz CT molecular complexity index is 358. The van der Waals surface area contributed by atoms with Gasteiger partial charge in [0, 0.05) is 12.7 Å². The van der Waals surface area contributed by atoms with Crippen LogP contribution in [0.3, 0.4) is 0 Å². The van der Waals surface area contributed by atoms with E-state index in [9.17, 15) is 0 Å². The van der Waals surface area contributed by atoms with Gasteiger partial charge in [-0.15, -0.1) is 0 Å². The van der Waals surface area contributed by atoms with E-state index in [1.165, 1.54) is 0 Å². The summed E-state index contributed by atoms with van der Waals surface area (Å²) in [6, 6.07) is 0. The van der Waals surface area contributed by atoms with Crippen molar-refractivity contribution in [3.8, 4) is 5.88 Å². The fourth-order valence-corrected chi connectivity index (χ4v) is 1.89. The molecule has 15 heavy (non-hydrogen) atoms. The van der Waals surface area contributed by atoms with Gasteiger partial charge >= 0.3 is 0 Å². The molecule has 0 aliphatic heterocycles. The predicted molar refractivity (Wildman–Crippen MR) is 56.4 cm³/mol. The van der Waals surface area contributed by atoms with E-state index in [2.05, 4.69) is 9.97 Å². The second-order valence-corrected chi connectivity index (χ2v) is 3.76. The molecule has 0 atom stereocenters. The fraction of sp³-hybridized carbons (Fsp3) is 0.600. The highest BCUT2D eigenvalue weighted by Gasteiger charge is 2.19. The third kappa shape index (κ3) is 2.38. The molecule has 2 rings (SSSR count). The molecule has 4 nitrogen and oxygen atoms in total. The third-order valence-corrected chi connectivity index (χ3v) is 2.56. The summed E-state index contributed by atoms with van der Waals surface area (Å²) in [5.41, 5.74) is 2.14. The molecule has 0 aromatic carbocycles. The Morgan fingerprint density at radius 3 is 2.93 bits per heavy atom. The fourth-order valence-electron chi connectivity index (χ4n) is 1.71. The summed E-state index contributed by atoms with van der Waals surface area (Å²) in [5.74, 6) is 0.625. The maximum Gasteiger partial charge on any atom is 0.225 e. The molecule has 0 N–H and O–H groups in total. The van der Waals surface area contributed by atoms with E-state index in [0.717, 1.165) is 30.5 Å². The van der Waals surface area contributed by atoms with Crippen LogP contribution >= 0.6 is 11.6 Å². The van der Waals surface area contributed by atoms with Crippen molar-refractivity contribution in [2.75, 3.05) is 20.3 Å². The number of hydrogen-bond acceptors (Lipinski definition) is 4. The zero-order chi connectivity index (χ0) is 10.7. The minimum absolute atomic E-state index is 0.267. The second kappa shape index (κ2) is 4.77. The number of aromatic nitrogens is 2. The van der Waals surface area contributed by atoms with Crippen LogP contribution in [0, 0.1) is 0 Å². The molecule has 0 bridgehead atoms. The van der Waals surface area contributed by atoms with Crippen molar-refractivity contribution in [3.63, 3.8) is 0 Å². The first-order chi connectivity index (χ1) is 7.31. The lowest BCUT2D eigenvalue weighted by molar-refractivity contribution is 0.143. The standard InChI is InChI=1S/C10H13ClN2O2/c1-14-5-6-15-9-7-3-2-4-8(7)12-10(11)13-9/h2-6H2,1H3. The summed E-state index contributed by atoms with van der Waals surface area (Å²) >= 11 is 5.81. The smallest absolute Gasteiger partial charge is 0.225 e. The summed E-state index contributed by atoms with van der Waals surface area (Å²) in [5, 5.41) is 0.267. The zero-order valence-corrected chi connectivity index (χ0v) is 9.38. The number of hydrogen-bond donors (Lipinski definition) is 0. The van der Waals surface area contributed by atoms with Crippen LogP contribution in [0.2, 0.25) is 5.28 Å². The number of fused-ring (bicyclic) bond motifs is 1. The van der Waals surface area contributed by atoms with Gasteiger partial charge in [-0.05, 0) is 30.9 Å². The number of ether oxygens (including phenoxy) is 2. The maximum atomic E-state index is 5.81. The van der Waals surface area contributed by atoms with Gasteiger partial charge in [-0.25, -0.2) is 4.98 Å². The van der Waals surface area contributed by atoms with Crippen LogP contribution in [0.1, 0.15) is 17.7 Å². The molecule has 1 aliphatic carbocycles. The van der Waals surface area contributed by atoms with Crippen molar-refractivity contribution in [3.05, 3.63) is 16.5 Å². The number of halogens is 1. The van der Waals surface area contributed by atoms with E-state index in [4.69, 9.17) is 21.1 Å². The van der Waals surface area contributed by atoms with Gasteiger partial charge in [0.15, 0.2) is 0 Å². The normalized spacial score (nSPS) is 14.0. The molecule has 5 heteroatoms. The van der Waals surface area contributed by atoms with Crippen LogP contribution in [-0.4, -0.2) is 30.3 Å². The molecule has 1 heterocycles. The Kier molecular flexibility index (Phi) is 3.38. The molecule has 0 saturated heterocycles. The van der Waals surface area contributed by atoms with E-state index < -0.39 is 0 Å². The Hall–Kier alpha value is -0.870. The summed E-state index contributed by atoms with van der Waals surface area (Å²) in [6.07, 6.45) is 3.05. The zero-order valence-electron chi connectivity index (χ0n) is 8.62. The van der Waals surface area contributed by atoms with Gasteiger partial charge in [0.2, 0.25) is 11.2 Å². The van der Waals surface area contributed by atoms with Gasteiger partial charge < -0.3 is 9.47 Å². The molecule has 0 saturated carbocycles. The van der Waals surface area contributed by atoms with E-state index in [1.54, 1.807) is 7.11 Å². The lowest BCUT2D eigenvalue weighted by Crippen LogP contribution is -2.08. The summed E-state index contributed by atoms with van der Waals surface area (Å²) in [7, 11) is 1.64.